The molecule has 1 aromatic heterocycles. The van der Waals surface area contributed by atoms with Gasteiger partial charge in [-0.05, 0) is 17.9 Å². The van der Waals surface area contributed by atoms with E-state index in [0.717, 1.165) is 6.26 Å². The molecular weight excluding hydrogens is 320 g/mol. The van der Waals surface area contributed by atoms with Gasteiger partial charge in [0.05, 0.1) is 4.88 Å². The maximum atomic E-state index is 12.4. The van der Waals surface area contributed by atoms with Crippen LogP contribution in [-0.4, -0.2) is 31.5 Å². The van der Waals surface area contributed by atoms with Gasteiger partial charge >= 0.3 is 0 Å². The van der Waals surface area contributed by atoms with Crippen LogP contribution in [0.1, 0.15) is 32.9 Å². The van der Waals surface area contributed by atoms with Crippen molar-refractivity contribution >= 4 is 32.7 Å². The number of benzene rings is 1. The van der Waals surface area contributed by atoms with Crippen molar-refractivity contribution in [3.8, 4) is 0 Å². The van der Waals surface area contributed by atoms with Gasteiger partial charge in [0.2, 0.25) is 0 Å². The Balaban J connectivity index is 2.14. The molecule has 0 saturated heterocycles. The molecule has 0 amide bonds. The molecule has 0 saturated carbocycles. The van der Waals surface area contributed by atoms with Crippen molar-refractivity contribution < 1.29 is 18.0 Å². The predicted molar refractivity (Wildman–Crippen MR) is 87.3 cm³/mol. The van der Waals surface area contributed by atoms with Gasteiger partial charge in [-0.3, -0.25) is 9.59 Å². The van der Waals surface area contributed by atoms with Gasteiger partial charge < -0.3 is 0 Å². The Kier molecular flexibility index (Phi) is 5.26. The summed E-state index contributed by atoms with van der Waals surface area (Å²) in [5.41, 5.74) is 0.349. The van der Waals surface area contributed by atoms with E-state index in [2.05, 4.69) is 0 Å². The molecule has 0 aliphatic carbocycles. The highest BCUT2D eigenvalue weighted by molar-refractivity contribution is 7.92. The fourth-order valence-electron chi connectivity index (χ4n) is 2.15. The van der Waals surface area contributed by atoms with Crippen molar-refractivity contribution in [3.05, 3.63) is 58.3 Å². The molecule has 1 heterocycles. The van der Waals surface area contributed by atoms with Crippen molar-refractivity contribution in [3.63, 3.8) is 0 Å². The lowest BCUT2D eigenvalue weighted by atomic mass is 10.0. The van der Waals surface area contributed by atoms with Crippen molar-refractivity contribution in [2.45, 2.75) is 18.1 Å². The number of sulfone groups is 1. The van der Waals surface area contributed by atoms with Gasteiger partial charge in [0.1, 0.15) is 5.25 Å². The van der Waals surface area contributed by atoms with Crippen LogP contribution in [0.5, 0.6) is 0 Å². The van der Waals surface area contributed by atoms with Crippen LogP contribution in [0, 0.1) is 0 Å². The maximum absolute atomic E-state index is 12.4. The van der Waals surface area contributed by atoms with Gasteiger partial charge in [0.25, 0.3) is 0 Å². The summed E-state index contributed by atoms with van der Waals surface area (Å²) < 4.78 is 23.8. The molecular formula is C16H16O4S2. The monoisotopic (exact) mass is 336 g/mol. The Morgan fingerprint density at radius 3 is 2.32 bits per heavy atom. The van der Waals surface area contributed by atoms with Crippen molar-refractivity contribution in [2.24, 2.45) is 0 Å². The first-order valence-electron chi connectivity index (χ1n) is 6.74. The molecule has 1 aromatic carbocycles. The van der Waals surface area contributed by atoms with Crippen LogP contribution in [0.2, 0.25) is 0 Å². The van der Waals surface area contributed by atoms with Crippen LogP contribution >= 0.6 is 11.3 Å². The number of Topliss-reactive ketones (excluding diaryl/α,β-unsaturated/α-hetero) is 2. The molecule has 0 aliphatic heterocycles. The molecule has 116 valence electrons. The summed E-state index contributed by atoms with van der Waals surface area (Å²) in [6, 6.07) is 11.8. The van der Waals surface area contributed by atoms with Gasteiger partial charge in [0, 0.05) is 18.2 Å². The first kappa shape index (κ1) is 16.6. The fraction of sp³-hybridized carbons (Fsp3) is 0.250. The highest BCUT2D eigenvalue weighted by Crippen LogP contribution is 2.18. The average Bonchev–Trinajstić information content (AvgIpc) is 3.01. The first-order valence-corrected chi connectivity index (χ1v) is 9.58. The Bertz CT molecular complexity index is 747. The number of ketones is 2. The van der Waals surface area contributed by atoms with Crippen LogP contribution in [0.25, 0.3) is 0 Å². The summed E-state index contributed by atoms with van der Waals surface area (Å²) in [7, 11) is -3.58. The number of hydrogen-bond donors (Lipinski definition) is 0. The minimum Gasteiger partial charge on any atom is -0.293 e. The third-order valence-corrected chi connectivity index (χ3v) is 5.69. The zero-order chi connectivity index (χ0) is 16.2. The quantitative estimate of drug-likeness (QED) is 0.729. The minimum atomic E-state index is -3.58. The van der Waals surface area contributed by atoms with Crippen LogP contribution in [0.15, 0.2) is 47.8 Å². The minimum absolute atomic E-state index is 0.00327. The number of rotatable bonds is 7. The Morgan fingerprint density at radius 2 is 1.77 bits per heavy atom. The van der Waals surface area contributed by atoms with Crippen LogP contribution in [-0.2, 0) is 9.84 Å². The molecule has 0 spiro atoms. The zero-order valence-electron chi connectivity index (χ0n) is 12.1. The second-order valence-electron chi connectivity index (χ2n) is 4.99. The summed E-state index contributed by atoms with van der Waals surface area (Å²) >= 11 is 1.31. The normalized spacial score (nSPS) is 12.8. The second-order valence-corrected chi connectivity index (χ2v) is 8.16. The van der Waals surface area contributed by atoms with E-state index in [0.29, 0.717) is 10.4 Å². The van der Waals surface area contributed by atoms with E-state index in [1.807, 2.05) is 0 Å². The predicted octanol–water partition coefficient (Wildman–Crippen LogP) is 3.01. The van der Waals surface area contributed by atoms with Crippen molar-refractivity contribution in [1.29, 1.82) is 0 Å². The van der Waals surface area contributed by atoms with Crippen molar-refractivity contribution in [2.75, 3.05) is 6.26 Å². The van der Waals surface area contributed by atoms with Gasteiger partial charge in [-0.1, -0.05) is 36.4 Å². The Hall–Kier alpha value is -1.79. The van der Waals surface area contributed by atoms with E-state index in [1.54, 1.807) is 47.8 Å². The van der Waals surface area contributed by atoms with Crippen LogP contribution in [0.4, 0.5) is 0 Å². The summed E-state index contributed by atoms with van der Waals surface area (Å²) in [5, 5.41) is 0.606. The van der Waals surface area contributed by atoms with E-state index in [1.165, 1.54) is 11.3 Å². The summed E-state index contributed by atoms with van der Waals surface area (Å²) in [4.78, 5) is 25.0. The molecule has 4 nitrogen and oxygen atoms in total. The molecule has 0 bridgehead atoms. The lowest BCUT2D eigenvalue weighted by Crippen LogP contribution is -2.30. The number of thiophene rings is 1. The van der Waals surface area contributed by atoms with E-state index in [-0.39, 0.29) is 18.6 Å². The molecule has 0 N–H and O–H groups in total. The van der Waals surface area contributed by atoms with Crippen LogP contribution < -0.4 is 0 Å². The van der Waals surface area contributed by atoms with E-state index in [9.17, 15) is 18.0 Å². The van der Waals surface area contributed by atoms with Crippen molar-refractivity contribution in [1.82, 2.24) is 0 Å². The fourth-order valence-corrected chi connectivity index (χ4v) is 3.92. The topological polar surface area (TPSA) is 68.3 Å². The van der Waals surface area contributed by atoms with E-state index in [4.69, 9.17) is 0 Å². The van der Waals surface area contributed by atoms with E-state index >= 15 is 0 Å². The lowest BCUT2D eigenvalue weighted by Gasteiger charge is -2.13. The maximum Gasteiger partial charge on any atom is 0.180 e. The molecule has 6 heteroatoms. The molecule has 0 unspecified atom stereocenters. The molecule has 0 aliphatic rings. The smallest absolute Gasteiger partial charge is 0.180 e. The number of carbonyl (C=O) groups is 2. The van der Waals surface area contributed by atoms with Gasteiger partial charge in [-0.2, -0.15) is 0 Å². The molecule has 22 heavy (non-hydrogen) atoms. The highest BCUT2D eigenvalue weighted by atomic mass is 32.2. The number of carbonyl (C=O) groups excluding carboxylic acids is 2. The zero-order valence-corrected chi connectivity index (χ0v) is 13.7. The summed E-state index contributed by atoms with van der Waals surface area (Å²) in [6.45, 7) is 0. The lowest BCUT2D eigenvalue weighted by molar-refractivity contribution is 0.0962. The third-order valence-electron chi connectivity index (χ3n) is 3.30. The highest BCUT2D eigenvalue weighted by Gasteiger charge is 2.30. The molecule has 2 rings (SSSR count). The average molecular weight is 336 g/mol. The standard InChI is InChI=1S/C16H16O4S2/c1-22(19,20)15(16(18)12-6-3-2-4-7-12)10-9-13(17)14-8-5-11-21-14/h2-8,11,15H,9-10H2,1H3/t15-/m0/s1. The molecule has 0 radical (unpaired) electrons. The van der Waals surface area contributed by atoms with Crippen LogP contribution in [0.3, 0.4) is 0 Å². The number of hydrogen-bond acceptors (Lipinski definition) is 5. The summed E-state index contributed by atoms with van der Waals surface area (Å²) in [6.07, 6.45) is 1.08. The third kappa shape index (κ3) is 4.11. The molecule has 0 fully saturated rings. The summed E-state index contributed by atoms with van der Waals surface area (Å²) in [5.74, 6) is -0.591. The first-order chi connectivity index (χ1) is 10.4. The SMILES string of the molecule is CS(=O)(=O)[C@@H](CCC(=O)c1cccs1)C(=O)c1ccccc1. The molecule has 2 aromatic rings. The molecule has 1 atom stereocenters. The Morgan fingerprint density at radius 1 is 1.09 bits per heavy atom. The second kappa shape index (κ2) is 6.98. The van der Waals surface area contributed by atoms with Gasteiger partial charge in [0.15, 0.2) is 21.4 Å². The van der Waals surface area contributed by atoms with Gasteiger partial charge in [-0.15, -0.1) is 11.3 Å². The van der Waals surface area contributed by atoms with E-state index < -0.39 is 20.9 Å². The van der Waals surface area contributed by atoms with Gasteiger partial charge in [-0.25, -0.2) is 8.42 Å². The largest absolute Gasteiger partial charge is 0.293 e. The Labute approximate surface area is 133 Å².